The molecule has 1 aliphatic heterocycles. The first-order chi connectivity index (χ1) is 12.7. The van der Waals surface area contributed by atoms with Gasteiger partial charge in [0.1, 0.15) is 5.75 Å². The van der Waals surface area contributed by atoms with Gasteiger partial charge in [0.15, 0.2) is 12.9 Å². The van der Waals surface area contributed by atoms with Gasteiger partial charge in [0, 0.05) is 27.3 Å². The number of nitrogens with one attached hydrogen (secondary N) is 1. The summed E-state index contributed by atoms with van der Waals surface area (Å²) in [6.07, 6.45) is 3.88. The van der Waals surface area contributed by atoms with Crippen LogP contribution in [-0.4, -0.2) is 63.5 Å². The van der Waals surface area contributed by atoms with Crippen LogP contribution in [0.3, 0.4) is 0 Å². The van der Waals surface area contributed by atoms with Crippen LogP contribution in [-0.2, 0) is 14.3 Å². The SMILES string of the molecule is COC(CNC(=O)c1ccccc1OCC(=O)N1CCCCCC1)OC. The monoisotopic (exact) mass is 364 g/mol. The fourth-order valence-corrected chi connectivity index (χ4v) is 2.87. The molecule has 7 heteroatoms. The maximum Gasteiger partial charge on any atom is 0.260 e. The van der Waals surface area contributed by atoms with Crippen LogP contribution in [0.4, 0.5) is 0 Å². The summed E-state index contributed by atoms with van der Waals surface area (Å²) in [5.74, 6) is 0.0439. The number of benzene rings is 1. The van der Waals surface area contributed by atoms with E-state index >= 15 is 0 Å². The molecule has 0 atom stereocenters. The van der Waals surface area contributed by atoms with Gasteiger partial charge in [-0.2, -0.15) is 0 Å². The van der Waals surface area contributed by atoms with Gasteiger partial charge in [0.2, 0.25) is 0 Å². The first-order valence-electron chi connectivity index (χ1n) is 8.99. The summed E-state index contributed by atoms with van der Waals surface area (Å²) in [5.41, 5.74) is 0.377. The number of hydrogen-bond donors (Lipinski definition) is 1. The van der Waals surface area contributed by atoms with Crippen molar-refractivity contribution in [1.82, 2.24) is 10.2 Å². The predicted molar refractivity (Wildman–Crippen MR) is 97.1 cm³/mol. The second-order valence-electron chi connectivity index (χ2n) is 6.19. The highest BCUT2D eigenvalue weighted by molar-refractivity contribution is 5.97. The zero-order chi connectivity index (χ0) is 18.8. The van der Waals surface area contributed by atoms with E-state index in [1.807, 2.05) is 4.90 Å². The van der Waals surface area contributed by atoms with E-state index in [2.05, 4.69) is 5.32 Å². The quantitative estimate of drug-likeness (QED) is 0.712. The Morgan fingerprint density at radius 3 is 2.38 bits per heavy atom. The van der Waals surface area contributed by atoms with E-state index in [0.29, 0.717) is 11.3 Å². The molecule has 1 aromatic rings. The molecule has 1 aromatic carbocycles. The standard InChI is InChI=1S/C19H28N2O5/c1-24-18(25-2)13-20-19(23)15-9-5-6-10-16(15)26-14-17(22)21-11-7-3-4-8-12-21/h5-6,9-10,18H,3-4,7-8,11-14H2,1-2H3,(H,20,23). The van der Waals surface area contributed by atoms with Crippen LogP contribution < -0.4 is 10.1 Å². The summed E-state index contributed by atoms with van der Waals surface area (Å²) in [5, 5.41) is 2.74. The van der Waals surface area contributed by atoms with Gasteiger partial charge in [-0.1, -0.05) is 25.0 Å². The summed E-state index contributed by atoms with van der Waals surface area (Å²) in [6.45, 7) is 1.70. The van der Waals surface area contributed by atoms with Crippen LogP contribution >= 0.6 is 0 Å². The molecule has 0 radical (unpaired) electrons. The molecular formula is C19H28N2O5. The van der Waals surface area contributed by atoms with E-state index in [1.54, 1.807) is 24.3 Å². The average molecular weight is 364 g/mol. The summed E-state index contributed by atoms with van der Waals surface area (Å²) in [4.78, 5) is 26.6. The lowest BCUT2D eigenvalue weighted by Gasteiger charge is -2.21. The third-order valence-corrected chi connectivity index (χ3v) is 4.40. The molecule has 0 bridgehead atoms. The smallest absolute Gasteiger partial charge is 0.260 e. The van der Waals surface area contributed by atoms with Crippen molar-refractivity contribution in [2.75, 3.05) is 40.5 Å². The Bertz CT molecular complexity index is 581. The van der Waals surface area contributed by atoms with Crippen LogP contribution in [0.2, 0.25) is 0 Å². The van der Waals surface area contributed by atoms with Crippen LogP contribution in [0.1, 0.15) is 36.0 Å². The minimum absolute atomic E-state index is 0.0408. The number of amides is 2. The number of para-hydroxylation sites is 1. The first kappa shape index (κ1) is 20.2. The molecule has 1 aliphatic rings. The second kappa shape index (κ2) is 10.8. The predicted octanol–water partition coefficient (Wildman–Crippen LogP) is 1.82. The van der Waals surface area contributed by atoms with Crippen molar-refractivity contribution >= 4 is 11.8 Å². The molecule has 1 fully saturated rings. The first-order valence-corrected chi connectivity index (χ1v) is 8.99. The molecule has 0 saturated carbocycles. The lowest BCUT2D eigenvalue weighted by molar-refractivity contribution is -0.133. The van der Waals surface area contributed by atoms with Crippen LogP contribution in [0.5, 0.6) is 5.75 Å². The molecule has 0 aliphatic carbocycles. The van der Waals surface area contributed by atoms with Crippen molar-refractivity contribution in [2.45, 2.75) is 32.0 Å². The van der Waals surface area contributed by atoms with E-state index < -0.39 is 6.29 Å². The molecule has 7 nitrogen and oxygen atoms in total. The summed E-state index contributed by atoms with van der Waals surface area (Å²) >= 11 is 0. The zero-order valence-corrected chi connectivity index (χ0v) is 15.5. The Labute approximate surface area is 154 Å². The van der Waals surface area contributed by atoms with Crippen molar-refractivity contribution in [2.24, 2.45) is 0 Å². The number of carbonyl (C=O) groups is 2. The highest BCUT2D eigenvalue weighted by Crippen LogP contribution is 2.18. The molecule has 2 rings (SSSR count). The van der Waals surface area contributed by atoms with Gasteiger partial charge < -0.3 is 24.4 Å². The minimum atomic E-state index is -0.517. The van der Waals surface area contributed by atoms with E-state index in [9.17, 15) is 9.59 Å². The molecule has 1 N–H and O–H groups in total. The van der Waals surface area contributed by atoms with E-state index in [0.717, 1.165) is 38.8 Å². The number of ether oxygens (including phenoxy) is 3. The topological polar surface area (TPSA) is 77.1 Å². The molecule has 2 amide bonds. The highest BCUT2D eigenvalue weighted by Gasteiger charge is 2.18. The van der Waals surface area contributed by atoms with Gasteiger partial charge in [-0.3, -0.25) is 9.59 Å². The molecule has 0 unspecified atom stereocenters. The molecule has 0 spiro atoms. The molecule has 1 heterocycles. The van der Waals surface area contributed by atoms with Crippen LogP contribution in [0, 0.1) is 0 Å². The Morgan fingerprint density at radius 1 is 1.08 bits per heavy atom. The number of rotatable bonds is 8. The van der Waals surface area contributed by atoms with E-state index in [-0.39, 0.29) is 25.0 Å². The number of methoxy groups -OCH3 is 2. The van der Waals surface area contributed by atoms with Gasteiger partial charge in [0.05, 0.1) is 12.1 Å². The summed E-state index contributed by atoms with van der Waals surface area (Å²) in [7, 11) is 3.01. The lowest BCUT2D eigenvalue weighted by Crippen LogP contribution is -2.36. The number of carbonyl (C=O) groups excluding carboxylic acids is 2. The number of nitrogens with zero attached hydrogens (tertiary/aromatic N) is 1. The maximum atomic E-state index is 12.4. The van der Waals surface area contributed by atoms with Gasteiger partial charge >= 0.3 is 0 Å². The number of likely N-dealkylation sites (tertiary alicyclic amines) is 1. The van der Waals surface area contributed by atoms with Crippen molar-refractivity contribution in [3.63, 3.8) is 0 Å². The normalized spacial score (nSPS) is 14.8. The Balaban J connectivity index is 1.93. The largest absolute Gasteiger partial charge is 0.483 e. The second-order valence-corrected chi connectivity index (χ2v) is 6.19. The maximum absolute atomic E-state index is 12.4. The molecule has 0 aromatic heterocycles. The molecule has 1 saturated heterocycles. The fourth-order valence-electron chi connectivity index (χ4n) is 2.87. The van der Waals surface area contributed by atoms with Gasteiger partial charge in [0.25, 0.3) is 11.8 Å². The van der Waals surface area contributed by atoms with Crippen molar-refractivity contribution in [3.05, 3.63) is 29.8 Å². The Morgan fingerprint density at radius 2 is 1.73 bits per heavy atom. The van der Waals surface area contributed by atoms with Crippen molar-refractivity contribution in [3.8, 4) is 5.75 Å². The summed E-state index contributed by atoms with van der Waals surface area (Å²) < 4.78 is 15.8. The Kier molecular flexibility index (Phi) is 8.37. The average Bonchev–Trinajstić information content (AvgIpc) is 2.96. The zero-order valence-electron chi connectivity index (χ0n) is 15.5. The minimum Gasteiger partial charge on any atom is -0.483 e. The molecule has 26 heavy (non-hydrogen) atoms. The van der Waals surface area contributed by atoms with Crippen molar-refractivity contribution < 1.29 is 23.8 Å². The van der Waals surface area contributed by atoms with Gasteiger partial charge in [-0.25, -0.2) is 0 Å². The molecule has 144 valence electrons. The van der Waals surface area contributed by atoms with Crippen LogP contribution in [0.15, 0.2) is 24.3 Å². The van der Waals surface area contributed by atoms with Gasteiger partial charge in [-0.15, -0.1) is 0 Å². The fraction of sp³-hybridized carbons (Fsp3) is 0.579. The van der Waals surface area contributed by atoms with Crippen LogP contribution in [0.25, 0.3) is 0 Å². The van der Waals surface area contributed by atoms with Crippen molar-refractivity contribution in [1.29, 1.82) is 0 Å². The van der Waals surface area contributed by atoms with E-state index in [4.69, 9.17) is 14.2 Å². The Hall–Kier alpha value is -2.12. The summed E-state index contributed by atoms with van der Waals surface area (Å²) in [6, 6.07) is 6.88. The highest BCUT2D eigenvalue weighted by atomic mass is 16.7. The molecular weight excluding hydrogens is 336 g/mol. The van der Waals surface area contributed by atoms with Gasteiger partial charge in [-0.05, 0) is 25.0 Å². The third-order valence-electron chi connectivity index (χ3n) is 4.40. The van der Waals surface area contributed by atoms with E-state index in [1.165, 1.54) is 14.2 Å². The third kappa shape index (κ3) is 6.00. The lowest BCUT2D eigenvalue weighted by atomic mass is 10.2. The number of hydrogen-bond acceptors (Lipinski definition) is 5.